The van der Waals surface area contributed by atoms with Gasteiger partial charge in [0.15, 0.2) is 0 Å². The first-order valence-electron chi connectivity index (χ1n) is 11.4. The molecule has 36 heavy (non-hydrogen) atoms. The molecule has 4 nitrogen and oxygen atoms in total. The molecule has 3 aromatic carbocycles. The van der Waals surface area contributed by atoms with Crippen LogP contribution in [-0.2, 0) is 35.2 Å². The number of amides is 2. The first kappa shape index (κ1) is 25.2. The smallest absolute Gasteiger partial charge is 0.334 e. The fourth-order valence-corrected chi connectivity index (χ4v) is 4.24. The van der Waals surface area contributed by atoms with Gasteiger partial charge in [-0.15, -0.1) is 0 Å². The van der Waals surface area contributed by atoms with Crippen molar-refractivity contribution in [3.63, 3.8) is 0 Å². The van der Waals surface area contributed by atoms with Crippen LogP contribution in [0, 0.1) is 12.7 Å². The minimum Gasteiger partial charge on any atom is -0.334 e. The minimum atomic E-state index is -4.79. The molecular weight excluding hydrogens is 472 g/mol. The Morgan fingerprint density at radius 2 is 1.81 bits per heavy atom. The van der Waals surface area contributed by atoms with E-state index in [0.29, 0.717) is 31.3 Å². The number of hydrogen-bond acceptors (Lipinski definition) is 2. The lowest BCUT2D eigenvalue weighted by Gasteiger charge is -2.30. The highest BCUT2D eigenvalue weighted by Gasteiger charge is 2.34. The predicted molar refractivity (Wildman–Crippen MR) is 130 cm³/mol. The van der Waals surface area contributed by atoms with Crippen molar-refractivity contribution < 1.29 is 27.2 Å². The van der Waals surface area contributed by atoms with Crippen LogP contribution in [0.2, 0.25) is 0 Å². The number of alkyl halides is 3. The third-order valence-electron chi connectivity index (χ3n) is 6.11. The summed E-state index contributed by atoms with van der Waals surface area (Å²) >= 11 is 0. The second kappa shape index (κ2) is 10.4. The van der Waals surface area contributed by atoms with Crippen LogP contribution in [0.5, 0.6) is 0 Å². The van der Waals surface area contributed by atoms with E-state index in [9.17, 15) is 27.2 Å². The molecule has 1 aliphatic heterocycles. The lowest BCUT2D eigenvalue weighted by atomic mass is 9.94. The quantitative estimate of drug-likeness (QED) is 0.352. The van der Waals surface area contributed by atoms with E-state index < -0.39 is 23.5 Å². The van der Waals surface area contributed by atoms with Crippen LogP contribution in [-0.4, -0.2) is 23.3 Å². The molecule has 2 amide bonds. The van der Waals surface area contributed by atoms with Crippen molar-refractivity contribution >= 4 is 23.6 Å². The highest BCUT2D eigenvalue weighted by atomic mass is 19.4. The molecule has 8 heteroatoms. The fraction of sp³-hybridized carbons (Fsp3) is 0.214. The van der Waals surface area contributed by atoms with Crippen LogP contribution < -0.4 is 5.32 Å². The number of nitrogens with one attached hydrogen (secondary N) is 1. The maximum absolute atomic E-state index is 13.9. The minimum absolute atomic E-state index is 0.111. The van der Waals surface area contributed by atoms with Crippen molar-refractivity contribution in [2.24, 2.45) is 0 Å². The zero-order valence-electron chi connectivity index (χ0n) is 19.5. The van der Waals surface area contributed by atoms with Gasteiger partial charge in [-0.25, -0.2) is 4.39 Å². The van der Waals surface area contributed by atoms with E-state index in [2.05, 4.69) is 5.32 Å². The summed E-state index contributed by atoms with van der Waals surface area (Å²) in [5.41, 5.74) is 2.97. The van der Waals surface area contributed by atoms with Crippen molar-refractivity contribution in [3.05, 3.63) is 106 Å². The Kier molecular flexibility index (Phi) is 7.24. The van der Waals surface area contributed by atoms with E-state index in [4.69, 9.17) is 0 Å². The van der Waals surface area contributed by atoms with Gasteiger partial charge in [-0.2, -0.15) is 13.2 Å². The third-order valence-corrected chi connectivity index (χ3v) is 6.11. The number of aryl methyl sites for hydroxylation is 1. The highest BCUT2D eigenvalue weighted by Crippen LogP contribution is 2.32. The molecule has 0 atom stereocenters. The molecule has 1 heterocycles. The third kappa shape index (κ3) is 5.82. The number of anilines is 1. The second-order valence-corrected chi connectivity index (χ2v) is 8.69. The lowest BCUT2D eigenvalue weighted by molar-refractivity contribution is -0.140. The predicted octanol–water partition coefficient (Wildman–Crippen LogP) is 5.93. The largest absolute Gasteiger partial charge is 0.419 e. The number of benzene rings is 3. The molecule has 0 fully saturated rings. The molecule has 1 aliphatic rings. The van der Waals surface area contributed by atoms with Crippen molar-refractivity contribution in [3.8, 4) is 0 Å². The van der Waals surface area contributed by atoms with Gasteiger partial charge in [-0.1, -0.05) is 48.5 Å². The lowest BCUT2D eigenvalue weighted by Crippen LogP contribution is -2.35. The number of rotatable bonds is 5. The van der Waals surface area contributed by atoms with Gasteiger partial charge in [0.05, 0.1) is 12.0 Å². The number of nitrogens with zero attached hydrogens (tertiary/aromatic N) is 1. The Balaban J connectivity index is 1.45. The molecule has 186 valence electrons. The maximum Gasteiger partial charge on any atom is 0.419 e. The number of fused-ring (bicyclic) bond motifs is 1. The highest BCUT2D eigenvalue weighted by molar-refractivity contribution is 5.95. The van der Waals surface area contributed by atoms with Crippen LogP contribution in [0.4, 0.5) is 23.2 Å². The zero-order valence-corrected chi connectivity index (χ0v) is 19.5. The maximum atomic E-state index is 13.9. The van der Waals surface area contributed by atoms with Gasteiger partial charge < -0.3 is 10.2 Å². The molecule has 0 aliphatic carbocycles. The molecule has 3 aromatic rings. The number of hydrogen-bond donors (Lipinski definition) is 1. The summed E-state index contributed by atoms with van der Waals surface area (Å²) < 4.78 is 52.2. The summed E-state index contributed by atoms with van der Waals surface area (Å²) in [5.74, 6) is -1.98. The average molecular weight is 497 g/mol. The zero-order chi connectivity index (χ0) is 25.9. The van der Waals surface area contributed by atoms with E-state index in [0.717, 1.165) is 34.4 Å². The van der Waals surface area contributed by atoms with Gasteiger partial charge >= 0.3 is 6.18 Å². The molecule has 0 radical (unpaired) electrons. The van der Waals surface area contributed by atoms with Crippen LogP contribution in [0.15, 0.2) is 66.7 Å². The van der Waals surface area contributed by atoms with E-state index in [1.54, 1.807) is 17.1 Å². The van der Waals surface area contributed by atoms with Crippen LogP contribution in [0.3, 0.4) is 0 Å². The standard InChI is InChI=1S/C28H24F4N2O2/c1-18-7-10-21-17-34(26(36)12-9-19-5-3-2-4-6-19)14-13-22(21)27(18)33-25(35)16-20-8-11-23(24(29)15-20)28(30,31)32/h2-12,15H,13-14,16-17H2,1H3,(H,33,35)/b12-9+. The molecular formula is C28H24F4N2O2. The number of halogens is 4. The first-order chi connectivity index (χ1) is 17.1. The van der Waals surface area contributed by atoms with Crippen molar-refractivity contribution in [1.82, 2.24) is 4.90 Å². The Hall–Kier alpha value is -3.94. The van der Waals surface area contributed by atoms with Crippen LogP contribution in [0.25, 0.3) is 6.08 Å². The Morgan fingerprint density at radius 3 is 2.50 bits per heavy atom. The van der Waals surface area contributed by atoms with Crippen molar-refractivity contribution in [1.29, 1.82) is 0 Å². The summed E-state index contributed by atoms with van der Waals surface area (Å²) in [7, 11) is 0. The van der Waals surface area contributed by atoms with Gasteiger partial charge in [0.2, 0.25) is 11.8 Å². The summed E-state index contributed by atoms with van der Waals surface area (Å²) in [6.07, 6.45) is -1.22. The normalized spacial score (nSPS) is 13.5. The monoisotopic (exact) mass is 496 g/mol. The molecule has 4 rings (SSSR count). The van der Waals surface area contributed by atoms with Gasteiger partial charge in [0.1, 0.15) is 5.82 Å². The Bertz CT molecular complexity index is 1320. The molecule has 0 bridgehead atoms. The second-order valence-electron chi connectivity index (χ2n) is 8.69. The number of carbonyl (C=O) groups is 2. The topological polar surface area (TPSA) is 49.4 Å². The van der Waals surface area contributed by atoms with Gasteiger partial charge in [0, 0.05) is 24.9 Å². The summed E-state index contributed by atoms with van der Waals surface area (Å²) in [4.78, 5) is 27.1. The molecule has 0 saturated heterocycles. The van der Waals surface area contributed by atoms with Crippen LogP contribution in [0.1, 0.15) is 33.4 Å². The van der Waals surface area contributed by atoms with Crippen molar-refractivity contribution in [2.75, 3.05) is 11.9 Å². The van der Waals surface area contributed by atoms with Crippen molar-refractivity contribution in [2.45, 2.75) is 32.5 Å². The molecule has 0 aromatic heterocycles. The number of carbonyl (C=O) groups excluding carboxylic acids is 2. The first-order valence-corrected chi connectivity index (χ1v) is 11.4. The summed E-state index contributed by atoms with van der Waals surface area (Å²) in [5, 5.41) is 2.84. The fourth-order valence-electron chi connectivity index (χ4n) is 4.24. The molecule has 1 N–H and O–H groups in total. The Labute approximate surface area is 206 Å². The van der Waals surface area contributed by atoms with E-state index in [1.165, 1.54) is 0 Å². The summed E-state index contributed by atoms with van der Waals surface area (Å²) in [6.45, 7) is 2.70. The van der Waals surface area contributed by atoms with E-state index >= 15 is 0 Å². The van der Waals surface area contributed by atoms with E-state index in [1.807, 2.05) is 49.4 Å². The van der Waals surface area contributed by atoms with Crippen LogP contribution >= 0.6 is 0 Å². The molecule has 0 saturated carbocycles. The van der Waals surface area contributed by atoms with E-state index in [-0.39, 0.29) is 17.9 Å². The van der Waals surface area contributed by atoms with Gasteiger partial charge in [-0.3, -0.25) is 9.59 Å². The SMILES string of the molecule is Cc1ccc2c(c1NC(=O)Cc1ccc(C(F)(F)F)c(F)c1)CCN(C(=O)/C=C/c1ccccc1)C2. The summed E-state index contributed by atoms with van der Waals surface area (Å²) in [6, 6.07) is 15.8. The van der Waals surface area contributed by atoms with Gasteiger partial charge in [0.25, 0.3) is 0 Å². The average Bonchev–Trinajstić information content (AvgIpc) is 2.84. The molecule has 0 unspecified atom stereocenters. The molecule has 0 spiro atoms. The Morgan fingerprint density at radius 1 is 1.06 bits per heavy atom. The van der Waals surface area contributed by atoms with Gasteiger partial charge in [-0.05, 0) is 59.4 Å².